The van der Waals surface area contributed by atoms with Crippen LogP contribution in [0.2, 0.25) is 0 Å². The van der Waals surface area contributed by atoms with Gasteiger partial charge < -0.3 is 0 Å². The number of alkyl halides is 6. The Bertz CT molecular complexity index is 2480. The molecule has 0 unspecified atom stereocenters. The molecule has 1 saturated carbocycles. The lowest BCUT2D eigenvalue weighted by Crippen LogP contribution is -2.17. The highest BCUT2D eigenvalue weighted by Gasteiger charge is 2.49. The van der Waals surface area contributed by atoms with Gasteiger partial charge in [-0.15, -0.1) is 6.42 Å². The molecule has 3 aromatic carbocycles. The molecule has 0 amide bonds. The fourth-order valence-electron chi connectivity index (χ4n) is 5.31. The molecule has 0 spiro atoms. The highest BCUT2D eigenvalue weighted by molar-refractivity contribution is 6.12. The van der Waals surface area contributed by atoms with Gasteiger partial charge in [0.2, 0.25) is 0 Å². The van der Waals surface area contributed by atoms with E-state index < -0.39 is 148 Å². The van der Waals surface area contributed by atoms with E-state index in [0.717, 1.165) is 30.2 Å². The number of halogens is 15. The highest BCUT2D eigenvalue weighted by atomic mass is 19.4. The third-order valence-corrected chi connectivity index (χ3v) is 7.65. The Balaban J connectivity index is 2.45. The van der Waals surface area contributed by atoms with E-state index in [9.17, 15) is 55.3 Å². The van der Waals surface area contributed by atoms with Crippen molar-refractivity contribution in [3.05, 3.63) is 119 Å². The summed E-state index contributed by atoms with van der Waals surface area (Å²) >= 11 is 0. The summed E-state index contributed by atoms with van der Waals surface area (Å²) in [4.78, 5) is 0. The molecule has 0 N–H and O–H groups in total. The second-order valence-corrected chi connectivity index (χ2v) is 10.4. The van der Waals surface area contributed by atoms with Gasteiger partial charge in [0, 0.05) is 22.3 Å². The van der Waals surface area contributed by atoms with Crippen LogP contribution >= 0.6 is 0 Å². The first kappa shape index (κ1) is 39.6. The van der Waals surface area contributed by atoms with Crippen molar-refractivity contribution in [3.63, 3.8) is 0 Å². The van der Waals surface area contributed by atoms with Gasteiger partial charge in [0.25, 0.3) is 0 Å². The SMILES string of the molecule is C#Cc1c(F)c(F)c(C(C#N)=C2C(=C(C#N)c3c(F)c(C)c(C#N)c(F)c3F)C2=C(C#N)c2c(F)c(F)c(C#N)c(C(F)(F)F)c2F)c(F)c1C(F)(F)F. The molecular formula is C34H4F15N5. The van der Waals surface area contributed by atoms with Gasteiger partial charge in [0.05, 0.1) is 44.5 Å². The van der Waals surface area contributed by atoms with E-state index in [4.69, 9.17) is 16.9 Å². The third-order valence-electron chi connectivity index (χ3n) is 7.65. The highest BCUT2D eigenvalue weighted by Crippen LogP contribution is 2.58. The van der Waals surface area contributed by atoms with Crippen LogP contribution in [0, 0.1) is 128 Å². The summed E-state index contributed by atoms with van der Waals surface area (Å²) in [5, 5.41) is 47.9. The Kier molecular flexibility index (Phi) is 9.85. The molecule has 1 aliphatic carbocycles. The van der Waals surface area contributed by atoms with Crippen LogP contribution in [-0.4, -0.2) is 0 Å². The van der Waals surface area contributed by atoms with Crippen molar-refractivity contribution in [2.45, 2.75) is 19.3 Å². The van der Waals surface area contributed by atoms with Crippen molar-refractivity contribution in [1.29, 1.82) is 26.3 Å². The number of hydrogen-bond acceptors (Lipinski definition) is 5. The molecule has 1 aliphatic rings. The van der Waals surface area contributed by atoms with E-state index in [1.165, 1.54) is 0 Å². The summed E-state index contributed by atoms with van der Waals surface area (Å²) in [5.74, 6) is -22.6. The molecule has 0 heterocycles. The molecule has 20 heteroatoms. The zero-order chi connectivity index (χ0) is 41.1. The molecule has 4 rings (SSSR count). The van der Waals surface area contributed by atoms with Crippen LogP contribution in [0.4, 0.5) is 65.9 Å². The molecule has 0 atom stereocenters. The molecule has 0 bridgehead atoms. The maximum atomic E-state index is 15.6. The minimum absolute atomic E-state index is 0.528. The normalized spacial score (nSPS) is 15.2. The van der Waals surface area contributed by atoms with Crippen LogP contribution in [0.1, 0.15) is 50.1 Å². The maximum Gasteiger partial charge on any atom is 0.420 e. The minimum atomic E-state index is -6.08. The zero-order valence-corrected chi connectivity index (χ0v) is 25.5. The van der Waals surface area contributed by atoms with E-state index in [-0.39, 0.29) is 0 Å². The quantitative estimate of drug-likeness (QED) is 0.114. The number of nitrogens with zero attached hydrogens (tertiary/aromatic N) is 5. The summed E-state index contributed by atoms with van der Waals surface area (Å²) in [7, 11) is 0. The minimum Gasteiger partial charge on any atom is -0.206 e. The average molecular weight is 767 g/mol. The number of allylic oxidation sites excluding steroid dienone is 6. The van der Waals surface area contributed by atoms with Gasteiger partial charge in [0.1, 0.15) is 64.5 Å². The topological polar surface area (TPSA) is 119 Å². The van der Waals surface area contributed by atoms with E-state index in [1.54, 1.807) is 0 Å². The fraction of sp³-hybridized carbons (Fsp3) is 0.0882. The first-order chi connectivity index (χ1) is 25.0. The first-order valence-corrected chi connectivity index (χ1v) is 13.5. The van der Waals surface area contributed by atoms with Crippen LogP contribution in [0.5, 0.6) is 0 Å². The molecule has 0 aliphatic heterocycles. The van der Waals surface area contributed by atoms with Gasteiger partial charge in [-0.2, -0.15) is 52.7 Å². The Morgan fingerprint density at radius 3 is 1.04 bits per heavy atom. The molecule has 0 aromatic heterocycles. The number of hydrogen-bond donors (Lipinski definition) is 0. The predicted molar refractivity (Wildman–Crippen MR) is 149 cm³/mol. The molecule has 5 nitrogen and oxygen atoms in total. The average Bonchev–Trinajstić information content (AvgIpc) is 3.81. The smallest absolute Gasteiger partial charge is 0.206 e. The summed E-state index contributed by atoms with van der Waals surface area (Å²) in [6.07, 6.45) is -7.32. The van der Waals surface area contributed by atoms with E-state index >= 15 is 26.3 Å². The lowest BCUT2D eigenvalue weighted by molar-refractivity contribution is -0.141. The van der Waals surface area contributed by atoms with E-state index in [1.807, 2.05) is 0 Å². The lowest BCUT2D eigenvalue weighted by Gasteiger charge is -2.15. The summed E-state index contributed by atoms with van der Waals surface area (Å²) in [6.45, 7) is 0.615. The number of rotatable bonds is 3. The second kappa shape index (κ2) is 13.4. The van der Waals surface area contributed by atoms with Crippen molar-refractivity contribution in [1.82, 2.24) is 0 Å². The van der Waals surface area contributed by atoms with Gasteiger partial charge in [-0.05, 0) is 6.92 Å². The zero-order valence-electron chi connectivity index (χ0n) is 25.5. The monoisotopic (exact) mass is 767 g/mol. The second-order valence-electron chi connectivity index (χ2n) is 10.4. The molecule has 270 valence electrons. The molecule has 0 radical (unpaired) electrons. The van der Waals surface area contributed by atoms with Crippen LogP contribution in [0.25, 0.3) is 16.7 Å². The largest absolute Gasteiger partial charge is 0.420 e. The van der Waals surface area contributed by atoms with Crippen molar-refractivity contribution in [2.24, 2.45) is 0 Å². The Morgan fingerprint density at radius 1 is 0.444 bits per heavy atom. The van der Waals surface area contributed by atoms with Gasteiger partial charge in [-0.1, -0.05) is 5.92 Å². The van der Waals surface area contributed by atoms with Crippen molar-refractivity contribution >= 4 is 16.7 Å². The predicted octanol–water partition coefficient (Wildman–Crippen LogP) is 9.25. The van der Waals surface area contributed by atoms with Crippen LogP contribution in [0.3, 0.4) is 0 Å². The van der Waals surface area contributed by atoms with E-state index in [0.29, 0.717) is 13.0 Å². The molecule has 3 aromatic rings. The van der Waals surface area contributed by atoms with Crippen molar-refractivity contribution < 1.29 is 65.9 Å². The molecular weight excluding hydrogens is 763 g/mol. The van der Waals surface area contributed by atoms with Gasteiger partial charge >= 0.3 is 12.4 Å². The fourth-order valence-corrected chi connectivity index (χ4v) is 5.31. The summed E-state index contributed by atoms with van der Waals surface area (Å²) in [6, 6.07) is 4.21. The number of benzene rings is 3. The van der Waals surface area contributed by atoms with Crippen molar-refractivity contribution in [3.8, 4) is 42.7 Å². The Morgan fingerprint density at radius 2 is 0.741 bits per heavy atom. The first-order valence-electron chi connectivity index (χ1n) is 13.5. The Labute approximate surface area is 290 Å². The standard InChI is InChI=1S/C34H4F15N5/c1-3-10-22(33(44,45)46)28(39)20(31(42)25(10)36)13(6-52)17-16(12(5-51)19-24(35)9(2)11(4-50)26(37)30(19)41)18(17)14(7-53)21-29(40)23(34(47,48)49)15(8-54)27(38)32(21)43/h1H,2H3. The molecule has 1 fully saturated rings. The molecule has 0 saturated heterocycles. The van der Waals surface area contributed by atoms with Gasteiger partial charge in [-0.25, -0.2) is 39.5 Å². The third kappa shape index (κ3) is 5.71. The maximum absolute atomic E-state index is 15.6. The van der Waals surface area contributed by atoms with Crippen LogP contribution in [-0.2, 0) is 12.4 Å². The summed E-state index contributed by atoms with van der Waals surface area (Å²) < 4.78 is 221. The summed E-state index contributed by atoms with van der Waals surface area (Å²) in [5.41, 5.74) is -29.9. The Hall–Kier alpha value is -7.16. The molecule has 54 heavy (non-hydrogen) atoms. The number of terminal acetylenes is 1. The van der Waals surface area contributed by atoms with Crippen molar-refractivity contribution in [2.75, 3.05) is 0 Å². The van der Waals surface area contributed by atoms with Gasteiger partial charge in [-0.3, -0.25) is 0 Å². The van der Waals surface area contributed by atoms with Gasteiger partial charge in [0.15, 0.2) is 34.9 Å². The number of nitriles is 5. The van der Waals surface area contributed by atoms with E-state index in [2.05, 4.69) is 0 Å². The lowest BCUT2D eigenvalue weighted by atomic mass is 9.94. The van der Waals surface area contributed by atoms with Crippen LogP contribution < -0.4 is 0 Å². The van der Waals surface area contributed by atoms with Crippen LogP contribution in [0.15, 0.2) is 16.7 Å².